The number of hydrogen-bond donors (Lipinski definition) is 2. The van der Waals surface area contributed by atoms with Crippen LogP contribution in [0, 0.1) is 16.7 Å². The maximum atomic E-state index is 11.8. The molecule has 6 nitrogen and oxygen atoms in total. The van der Waals surface area contributed by atoms with E-state index < -0.39 is 0 Å². The largest absolute Gasteiger partial charge is 0.489 e. The molecule has 2 heterocycles. The average Bonchev–Trinajstić information content (AvgIpc) is 2.85. The maximum absolute atomic E-state index is 11.8. The van der Waals surface area contributed by atoms with Crippen LogP contribution in [-0.4, -0.2) is 27.4 Å². The van der Waals surface area contributed by atoms with Gasteiger partial charge in [-0.1, -0.05) is 17.8 Å². The van der Waals surface area contributed by atoms with Gasteiger partial charge in [0.15, 0.2) is 5.17 Å². The lowest BCUT2D eigenvalue weighted by Gasteiger charge is -2.14. The molecule has 122 valence electrons. The number of benzene rings is 1. The van der Waals surface area contributed by atoms with Gasteiger partial charge in [0, 0.05) is 11.6 Å². The van der Waals surface area contributed by atoms with E-state index in [-0.39, 0.29) is 22.4 Å². The molecular weight excluding hydrogens is 324 g/mol. The highest BCUT2D eigenvalue weighted by molar-refractivity contribution is 8.15. The van der Waals surface area contributed by atoms with Gasteiger partial charge in [0.1, 0.15) is 17.4 Å². The predicted octanol–water partition coefficient (Wildman–Crippen LogP) is 2.60. The Kier molecular flexibility index (Phi) is 4.40. The number of ether oxygens (including phenoxy) is 1. The van der Waals surface area contributed by atoms with E-state index in [4.69, 9.17) is 10.1 Å². The highest BCUT2D eigenvalue weighted by atomic mass is 32.2. The van der Waals surface area contributed by atoms with E-state index in [1.807, 2.05) is 32.0 Å². The van der Waals surface area contributed by atoms with Crippen LogP contribution in [0.2, 0.25) is 0 Å². The molecule has 1 aliphatic rings. The Hall–Kier alpha value is -2.59. The minimum atomic E-state index is -0.309. The second kappa shape index (κ2) is 6.49. The highest BCUT2D eigenvalue weighted by Gasteiger charge is 2.29. The van der Waals surface area contributed by atoms with E-state index in [0.29, 0.717) is 17.7 Å². The zero-order chi connectivity index (χ0) is 17.3. The fraction of sp³-hybridized carbons (Fsp3) is 0.294. The van der Waals surface area contributed by atoms with Crippen molar-refractivity contribution < 1.29 is 9.53 Å². The van der Waals surface area contributed by atoms with E-state index >= 15 is 0 Å². The van der Waals surface area contributed by atoms with Crippen molar-refractivity contribution in [3.05, 3.63) is 35.5 Å². The van der Waals surface area contributed by atoms with Gasteiger partial charge < -0.3 is 10.1 Å². The summed E-state index contributed by atoms with van der Waals surface area (Å²) in [7, 11) is 0. The Bertz CT molecular complexity index is 873. The van der Waals surface area contributed by atoms with Crippen LogP contribution in [0.3, 0.4) is 0 Å². The number of carbonyl (C=O) groups is 1. The van der Waals surface area contributed by atoms with Crippen molar-refractivity contribution in [2.24, 2.45) is 0 Å². The molecule has 1 fully saturated rings. The number of hydrogen-bond acceptors (Lipinski definition) is 6. The van der Waals surface area contributed by atoms with E-state index in [2.05, 4.69) is 16.4 Å². The summed E-state index contributed by atoms with van der Waals surface area (Å²) in [6.45, 7) is 3.81. The van der Waals surface area contributed by atoms with Crippen molar-refractivity contribution >= 4 is 33.7 Å². The molecule has 1 aliphatic heterocycles. The predicted molar refractivity (Wildman–Crippen MR) is 93.2 cm³/mol. The summed E-state index contributed by atoms with van der Waals surface area (Å²) in [6, 6.07) is 7.80. The summed E-state index contributed by atoms with van der Waals surface area (Å²) < 4.78 is 5.83. The molecule has 1 saturated heterocycles. The van der Waals surface area contributed by atoms with Gasteiger partial charge in [0.05, 0.1) is 16.9 Å². The Morgan fingerprint density at radius 1 is 1.50 bits per heavy atom. The number of amidine groups is 1. The molecule has 1 aromatic carbocycles. The van der Waals surface area contributed by atoms with E-state index in [0.717, 1.165) is 16.5 Å². The summed E-state index contributed by atoms with van der Waals surface area (Å²) in [5.74, 6) is 0.378. The van der Waals surface area contributed by atoms with Crippen molar-refractivity contribution in [1.29, 1.82) is 10.7 Å². The zero-order valence-corrected chi connectivity index (χ0v) is 14.1. The van der Waals surface area contributed by atoms with Gasteiger partial charge in [-0.05, 0) is 38.0 Å². The summed E-state index contributed by atoms with van der Waals surface area (Å²) in [4.78, 5) is 16.1. The first kappa shape index (κ1) is 16.3. The molecule has 1 aromatic heterocycles. The van der Waals surface area contributed by atoms with Crippen LogP contribution in [0.25, 0.3) is 10.9 Å². The van der Waals surface area contributed by atoms with Crippen molar-refractivity contribution in [2.75, 3.05) is 0 Å². The van der Waals surface area contributed by atoms with E-state index in [9.17, 15) is 10.1 Å². The second-order valence-corrected chi connectivity index (χ2v) is 6.97. The Morgan fingerprint density at radius 2 is 2.29 bits per heavy atom. The minimum Gasteiger partial charge on any atom is -0.489 e. The monoisotopic (exact) mass is 340 g/mol. The zero-order valence-electron chi connectivity index (χ0n) is 13.3. The van der Waals surface area contributed by atoms with Crippen LogP contribution < -0.4 is 10.1 Å². The number of nitriles is 1. The Balaban J connectivity index is 2.01. The maximum Gasteiger partial charge on any atom is 0.239 e. The lowest BCUT2D eigenvalue weighted by Crippen LogP contribution is -2.25. The smallest absolute Gasteiger partial charge is 0.239 e. The Morgan fingerprint density at radius 3 is 2.92 bits per heavy atom. The topological polar surface area (TPSA) is 98.9 Å². The number of amides is 1. The molecule has 1 atom stereocenters. The average molecular weight is 340 g/mol. The summed E-state index contributed by atoms with van der Waals surface area (Å²) in [6.07, 6.45) is 1.96. The molecule has 2 N–H and O–H groups in total. The second-order valence-electron chi connectivity index (χ2n) is 5.76. The number of nitrogens with one attached hydrogen (secondary N) is 2. The molecule has 0 aliphatic carbocycles. The highest BCUT2D eigenvalue weighted by Crippen LogP contribution is 2.31. The molecule has 0 saturated carbocycles. The van der Waals surface area contributed by atoms with Gasteiger partial charge in [-0.2, -0.15) is 5.26 Å². The summed E-state index contributed by atoms with van der Waals surface area (Å²) >= 11 is 1.22. The number of aromatic nitrogens is 1. The molecular formula is C17H16N4O2S. The number of fused-ring (bicyclic) bond motifs is 1. The van der Waals surface area contributed by atoms with Crippen LogP contribution in [0.15, 0.2) is 24.4 Å². The number of carbonyl (C=O) groups excluding carboxylic acids is 1. The molecule has 0 spiro atoms. The van der Waals surface area contributed by atoms with Crippen molar-refractivity contribution in [3.8, 4) is 11.8 Å². The van der Waals surface area contributed by atoms with Crippen LogP contribution in [-0.2, 0) is 11.2 Å². The van der Waals surface area contributed by atoms with Gasteiger partial charge >= 0.3 is 0 Å². The number of rotatable bonds is 4. The van der Waals surface area contributed by atoms with Crippen molar-refractivity contribution in [2.45, 2.75) is 31.6 Å². The molecule has 1 amide bonds. The molecule has 7 heteroatoms. The number of nitrogens with zero attached hydrogens (tertiary/aromatic N) is 2. The van der Waals surface area contributed by atoms with Gasteiger partial charge in [0.25, 0.3) is 0 Å². The Labute approximate surface area is 143 Å². The minimum absolute atomic E-state index is 0.0667. The first-order valence-electron chi connectivity index (χ1n) is 7.52. The van der Waals surface area contributed by atoms with Crippen molar-refractivity contribution in [1.82, 2.24) is 10.3 Å². The van der Waals surface area contributed by atoms with Crippen LogP contribution in [0.4, 0.5) is 0 Å². The third-order valence-electron chi connectivity index (χ3n) is 3.57. The lowest BCUT2D eigenvalue weighted by molar-refractivity contribution is -0.118. The first-order valence-corrected chi connectivity index (χ1v) is 8.40. The van der Waals surface area contributed by atoms with E-state index in [1.165, 1.54) is 18.0 Å². The van der Waals surface area contributed by atoms with Crippen molar-refractivity contribution in [3.63, 3.8) is 0 Å². The van der Waals surface area contributed by atoms with Crippen LogP contribution in [0.5, 0.6) is 5.75 Å². The fourth-order valence-electron chi connectivity index (χ4n) is 2.55. The first-order chi connectivity index (χ1) is 11.5. The molecule has 24 heavy (non-hydrogen) atoms. The molecule has 1 unspecified atom stereocenters. The van der Waals surface area contributed by atoms with Crippen LogP contribution in [0.1, 0.15) is 25.0 Å². The number of thioether (sulfide) groups is 1. The quantitative estimate of drug-likeness (QED) is 0.891. The van der Waals surface area contributed by atoms with E-state index in [1.54, 1.807) is 0 Å². The molecule has 2 aromatic rings. The SMILES string of the molecule is CC(C)Oc1c(C#N)cnc2ccc(CC3SC(=N)NC3=O)cc12. The van der Waals surface area contributed by atoms with Gasteiger partial charge in [0.2, 0.25) is 5.91 Å². The lowest BCUT2D eigenvalue weighted by atomic mass is 10.0. The summed E-state index contributed by atoms with van der Waals surface area (Å²) in [5.41, 5.74) is 2.07. The molecule has 3 rings (SSSR count). The third-order valence-corrected chi connectivity index (χ3v) is 4.57. The molecule has 0 bridgehead atoms. The standard InChI is InChI=1S/C17H16N4O2S/c1-9(2)23-15-11(7-18)8-20-13-4-3-10(5-12(13)15)6-14-16(22)21-17(19)24-14/h3-5,8-9,14H,6H2,1-2H3,(H2,19,21,22). The molecule has 0 radical (unpaired) electrons. The third kappa shape index (κ3) is 3.19. The van der Waals surface area contributed by atoms with Gasteiger partial charge in [-0.3, -0.25) is 15.2 Å². The van der Waals surface area contributed by atoms with Crippen LogP contribution >= 0.6 is 11.8 Å². The summed E-state index contributed by atoms with van der Waals surface area (Å²) in [5, 5.41) is 20.0. The van der Waals surface area contributed by atoms with Gasteiger partial charge in [-0.15, -0.1) is 0 Å². The van der Waals surface area contributed by atoms with Gasteiger partial charge in [-0.25, -0.2) is 0 Å². The normalized spacial score (nSPS) is 17.2. The number of pyridine rings is 1. The fourth-order valence-corrected chi connectivity index (χ4v) is 3.44.